The number of nitrogens with one attached hydrogen (secondary N) is 1. The lowest BCUT2D eigenvalue weighted by Gasteiger charge is -2.44. The molecule has 1 aromatic carbocycles. The number of carbonyl (C=O) groups excluding carboxylic acids is 1. The van der Waals surface area contributed by atoms with Crippen molar-refractivity contribution in [3.8, 4) is 5.75 Å². The van der Waals surface area contributed by atoms with E-state index < -0.39 is 0 Å². The van der Waals surface area contributed by atoms with E-state index in [1.54, 1.807) is 13.2 Å². The van der Waals surface area contributed by atoms with E-state index in [1.807, 2.05) is 18.2 Å². The first kappa shape index (κ1) is 16.1. The third-order valence-corrected chi connectivity index (χ3v) is 4.92. The number of piperidine rings is 3. The highest BCUT2D eigenvalue weighted by Gasteiger charge is 2.35. The molecule has 3 aliphatic heterocycles. The Morgan fingerprint density at radius 2 is 2.13 bits per heavy atom. The van der Waals surface area contributed by atoms with E-state index in [4.69, 9.17) is 9.15 Å². The summed E-state index contributed by atoms with van der Waals surface area (Å²) in [6.07, 6.45) is 2.36. The number of halogens is 1. The summed E-state index contributed by atoms with van der Waals surface area (Å²) in [7, 11) is 1.60. The topological polar surface area (TPSA) is 54.7 Å². The van der Waals surface area contributed by atoms with Crippen LogP contribution in [0.5, 0.6) is 5.75 Å². The van der Waals surface area contributed by atoms with Gasteiger partial charge in [0.15, 0.2) is 17.1 Å². The van der Waals surface area contributed by atoms with Crippen LogP contribution in [0.15, 0.2) is 28.7 Å². The fourth-order valence-electron chi connectivity index (χ4n) is 3.68. The van der Waals surface area contributed by atoms with Crippen molar-refractivity contribution in [3.05, 3.63) is 30.0 Å². The van der Waals surface area contributed by atoms with Crippen LogP contribution < -0.4 is 10.1 Å². The third-order valence-electron chi connectivity index (χ3n) is 4.92. The molecule has 0 unspecified atom stereocenters. The van der Waals surface area contributed by atoms with Crippen molar-refractivity contribution in [2.24, 2.45) is 5.92 Å². The predicted octanol–water partition coefficient (Wildman–Crippen LogP) is 2.69. The number of rotatable bonds is 3. The van der Waals surface area contributed by atoms with Gasteiger partial charge in [-0.05, 0) is 44.0 Å². The van der Waals surface area contributed by atoms with Crippen LogP contribution in [0.2, 0.25) is 0 Å². The normalized spacial score (nSPS) is 25.9. The Morgan fingerprint density at radius 3 is 2.78 bits per heavy atom. The molecule has 1 amide bonds. The zero-order valence-corrected chi connectivity index (χ0v) is 13.9. The van der Waals surface area contributed by atoms with Gasteiger partial charge in [-0.25, -0.2) is 0 Å². The number of para-hydroxylation sites is 1. The summed E-state index contributed by atoms with van der Waals surface area (Å²) >= 11 is 0. The maximum absolute atomic E-state index is 12.5. The quantitative estimate of drug-likeness (QED) is 0.936. The lowest BCUT2D eigenvalue weighted by atomic mass is 9.84. The van der Waals surface area contributed by atoms with Crippen LogP contribution in [0.4, 0.5) is 0 Å². The Morgan fingerprint density at radius 1 is 1.35 bits per heavy atom. The van der Waals surface area contributed by atoms with Gasteiger partial charge in [0.2, 0.25) is 0 Å². The maximum atomic E-state index is 12.5. The molecule has 4 heterocycles. The Balaban J connectivity index is 0.00000156. The van der Waals surface area contributed by atoms with E-state index in [0.717, 1.165) is 11.9 Å². The molecule has 0 radical (unpaired) electrons. The highest BCUT2D eigenvalue weighted by Crippen LogP contribution is 2.30. The molecule has 2 aromatic rings. The maximum Gasteiger partial charge on any atom is 0.287 e. The molecule has 23 heavy (non-hydrogen) atoms. The second-order valence-electron chi connectivity index (χ2n) is 6.21. The van der Waals surface area contributed by atoms with Gasteiger partial charge in [0.05, 0.1) is 7.11 Å². The molecule has 2 bridgehead atoms. The first-order valence-electron chi connectivity index (χ1n) is 7.84. The van der Waals surface area contributed by atoms with E-state index >= 15 is 0 Å². The van der Waals surface area contributed by atoms with Gasteiger partial charge in [-0.2, -0.15) is 0 Å². The molecule has 0 spiro atoms. The van der Waals surface area contributed by atoms with Crippen LogP contribution >= 0.6 is 12.4 Å². The molecule has 3 saturated heterocycles. The first-order valence-corrected chi connectivity index (χ1v) is 7.84. The number of hydrogen-bond donors (Lipinski definition) is 1. The van der Waals surface area contributed by atoms with Crippen LogP contribution in [0, 0.1) is 5.92 Å². The monoisotopic (exact) mass is 336 g/mol. The molecule has 0 aliphatic carbocycles. The zero-order valence-electron chi connectivity index (χ0n) is 13.1. The predicted molar refractivity (Wildman–Crippen MR) is 90.4 cm³/mol. The Kier molecular flexibility index (Phi) is 4.50. The van der Waals surface area contributed by atoms with Crippen molar-refractivity contribution in [3.63, 3.8) is 0 Å². The van der Waals surface area contributed by atoms with E-state index in [0.29, 0.717) is 23.0 Å². The van der Waals surface area contributed by atoms with Crippen molar-refractivity contribution in [1.82, 2.24) is 10.2 Å². The van der Waals surface area contributed by atoms with Crippen LogP contribution in [0.25, 0.3) is 11.0 Å². The van der Waals surface area contributed by atoms with Gasteiger partial charge in [-0.3, -0.25) is 4.79 Å². The summed E-state index contributed by atoms with van der Waals surface area (Å²) in [5, 5.41) is 4.04. The summed E-state index contributed by atoms with van der Waals surface area (Å²) in [5.41, 5.74) is 0.629. The van der Waals surface area contributed by atoms with Crippen molar-refractivity contribution >= 4 is 29.3 Å². The van der Waals surface area contributed by atoms with Gasteiger partial charge in [0.25, 0.3) is 5.91 Å². The fraction of sp³-hybridized carbons (Fsp3) is 0.471. The van der Waals surface area contributed by atoms with E-state index in [-0.39, 0.29) is 24.4 Å². The summed E-state index contributed by atoms with van der Waals surface area (Å²) in [6.45, 7) is 3.29. The molecule has 1 aromatic heterocycles. The Hall–Kier alpha value is -1.72. The molecular weight excluding hydrogens is 316 g/mol. The van der Waals surface area contributed by atoms with Gasteiger partial charge in [0, 0.05) is 18.0 Å². The average molecular weight is 337 g/mol. The number of carbonyl (C=O) groups is 1. The van der Waals surface area contributed by atoms with Crippen LogP contribution in [0.1, 0.15) is 23.4 Å². The minimum Gasteiger partial charge on any atom is -0.493 e. The standard InChI is InChI=1S/C17H20N2O3.ClH/c1-21-14-4-2-3-12-9-15(22-16(12)14)17(20)18-13-10-19-7-5-11(13)6-8-19;/h2-4,9,11,13H,5-8,10H2,1H3,(H,18,20);1H/t13-;/m1./s1. The lowest BCUT2D eigenvalue weighted by molar-refractivity contribution is 0.0607. The minimum atomic E-state index is -0.128. The number of methoxy groups -OCH3 is 1. The second kappa shape index (κ2) is 6.42. The summed E-state index contributed by atoms with van der Waals surface area (Å²) in [5.74, 6) is 1.49. The summed E-state index contributed by atoms with van der Waals surface area (Å²) in [4.78, 5) is 14.9. The zero-order chi connectivity index (χ0) is 15.1. The number of ether oxygens (including phenoxy) is 1. The average Bonchev–Trinajstić information content (AvgIpc) is 3.00. The largest absolute Gasteiger partial charge is 0.493 e. The van der Waals surface area contributed by atoms with Crippen molar-refractivity contribution in [2.75, 3.05) is 26.7 Å². The Labute approximate surface area is 141 Å². The molecule has 5 rings (SSSR count). The third kappa shape index (κ3) is 2.91. The molecule has 3 fully saturated rings. The number of fused-ring (bicyclic) bond motifs is 4. The number of benzene rings is 1. The van der Waals surface area contributed by atoms with E-state index in [2.05, 4.69) is 10.2 Å². The van der Waals surface area contributed by atoms with Gasteiger partial charge in [-0.15, -0.1) is 12.4 Å². The Bertz CT molecular complexity index is 707. The molecular formula is C17H21ClN2O3. The number of hydrogen-bond acceptors (Lipinski definition) is 4. The summed E-state index contributed by atoms with van der Waals surface area (Å²) in [6, 6.07) is 7.68. The minimum absolute atomic E-state index is 0. The molecule has 124 valence electrons. The number of furan rings is 1. The van der Waals surface area contributed by atoms with Gasteiger partial charge >= 0.3 is 0 Å². The smallest absolute Gasteiger partial charge is 0.287 e. The SMILES string of the molecule is COc1cccc2cc(C(=O)N[C@@H]3CN4CCC3CC4)oc12.Cl. The molecule has 0 saturated carbocycles. The van der Waals surface area contributed by atoms with Gasteiger partial charge in [-0.1, -0.05) is 12.1 Å². The number of nitrogens with zero attached hydrogens (tertiary/aromatic N) is 1. The van der Waals surface area contributed by atoms with Crippen LogP contribution in [0.3, 0.4) is 0 Å². The van der Waals surface area contributed by atoms with Crippen molar-refractivity contribution in [1.29, 1.82) is 0 Å². The first-order chi connectivity index (χ1) is 10.7. The summed E-state index contributed by atoms with van der Waals surface area (Å²) < 4.78 is 11.0. The highest BCUT2D eigenvalue weighted by molar-refractivity contribution is 5.97. The van der Waals surface area contributed by atoms with Crippen LogP contribution in [-0.4, -0.2) is 43.6 Å². The highest BCUT2D eigenvalue weighted by atomic mass is 35.5. The van der Waals surface area contributed by atoms with Crippen molar-refractivity contribution < 1.29 is 13.9 Å². The van der Waals surface area contributed by atoms with Gasteiger partial charge in [0.1, 0.15) is 0 Å². The second-order valence-corrected chi connectivity index (χ2v) is 6.21. The molecule has 1 N–H and O–H groups in total. The number of amides is 1. The lowest BCUT2D eigenvalue weighted by Crippen LogP contribution is -2.57. The molecule has 3 aliphatic rings. The molecule has 5 nitrogen and oxygen atoms in total. The van der Waals surface area contributed by atoms with Gasteiger partial charge < -0.3 is 19.4 Å². The van der Waals surface area contributed by atoms with E-state index in [9.17, 15) is 4.79 Å². The molecule has 1 atom stereocenters. The van der Waals surface area contributed by atoms with Crippen LogP contribution in [-0.2, 0) is 0 Å². The van der Waals surface area contributed by atoms with E-state index in [1.165, 1.54) is 25.9 Å². The molecule has 6 heteroatoms. The fourth-order valence-corrected chi connectivity index (χ4v) is 3.68. The van der Waals surface area contributed by atoms with Crippen molar-refractivity contribution in [2.45, 2.75) is 18.9 Å².